The van der Waals surface area contributed by atoms with Crippen LogP contribution in [-0.2, 0) is 0 Å². The van der Waals surface area contributed by atoms with Gasteiger partial charge in [-0.2, -0.15) is 0 Å². The average molecular weight is 165 g/mol. The molecule has 0 spiro atoms. The first-order chi connectivity index (χ1) is 4.24. The molecule has 2 N–H and O–H groups in total. The van der Waals surface area contributed by atoms with Crippen molar-refractivity contribution < 1.29 is 5.48 Å². The summed E-state index contributed by atoms with van der Waals surface area (Å²) in [5.74, 6) is 0. The molecule has 0 atom stereocenters. The molecule has 0 aliphatic heterocycles. The maximum absolute atomic E-state index is 2.35. The van der Waals surface area contributed by atoms with Crippen LogP contribution in [0.2, 0.25) is 0 Å². The van der Waals surface area contributed by atoms with E-state index in [0.29, 0.717) is 0 Å². The summed E-state index contributed by atoms with van der Waals surface area (Å²) >= 11 is 0. The highest BCUT2D eigenvalue weighted by molar-refractivity contribution is 7.75. The summed E-state index contributed by atoms with van der Waals surface area (Å²) in [7, 11) is -0.420. The van der Waals surface area contributed by atoms with Gasteiger partial charge in [-0.3, -0.25) is 0 Å². The summed E-state index contributed by atoms with van der Waals surface area (Å²) in [6, 6.07) is 0. The highest BCUT2D eigenvalue weighted by Gasteiger charge is 2.27. The zero-order valence-corrected chi connectivity index (χ0v) is 8.67. The van der Waals surface area contributed by atoms with Gasteiger partial charge in [0, 0.05) is 7.26 Å². The second-order valence-electron chi connectivity index (χ2n) is 2.61. The van der Waals surface area contributed by atoms with Gasteiger partial charge in [-0.25, -0.2) is 0 Å². The van der Waals surface area contributed by atoms with Crippen LogP contribution in [0.1, 0.15) is 27.7 Å². The van der Waals surface area contributed by atoms with Gasteiger partial charge in [-0.1, -0.05) is 0 Å². The molecular formula is C8H22OP+. The fourth-order valence-corrected chi connectivity index (χ4v) is 4.02. The average Bonchev–Trinajstić information content (AvgIpc) is 1.95. The van der Waals surface area contributed by atoms with Crippen LogP contribution in [0.3, 0.4) is 0 Å². The molecular weight excluding hydrogens is 143 g/mol. The second kappa shape index (κ2) is 6.12. The minimum absolute atomic E-state index is 0. The Morgan fingerprint density at radius 3 is 0.900 bits per heavy atom. The van der Waals surface area contributed by atoms with E-state index in [1.807, 2.05) is 0 Å². The first-order valence-electron chi connectivity index (χ1n) is 4.09. The number of hydrogen-bond acceptors (Lipinski definition) is 0. The molecule has 64 valence electrons. The molecule has 0 rings (SSSR count). The van der Waals surface area contributed by atoms with Crippen molar-refractivity contribution in [3.8, 4) is 0 Å². The van der Waals surface area contributed by atoms with E-state index in [4.69, 9.17) is 0 Å². The minimum atomic E-state index is -0.420. The topological polar surface area (TPSA) is 31.5 Å². The zero-order chi connectivity index (χ0) is 7.33. The fraction of sp³-hybridized carbons (Fsp3) is 1.00. The van der Waals surface area contributed by atoms with Gasteiger partial charge < -0.3 is 5.48 Å². The highest BCUT2D eigenvalue weighted by Crippen LogP contribution is 2.57. The molecule has 0 bridgehead atoms. The van der Waals surface area contributed by atoms with Crippen molar-refractivity contribution in [2.75, 3.05) is 24.6 Å². The lowest BCUT2D eigenvalue weighted by Crippen LogP contribution is -2.04. The third-order valence-electron chi connectivity index (χ3n) is 2.68. The van der Waals surface area contributed by atoms with E-state index in [2.05, 4.69) is 27.7 Å². The maximum atomic E-state index is 2.35. The Morgan fingerprint density at radius 1 is 0.700 bits per heavy atom. The van der Waals surface area contributed by atoms with Crippen LogP contribution in [-0.4, -0.2) is 30.1 Å². The van der Waals surface area contributed by atoms with Gasteiger partial charge in [0.1, 0.15) is 0 Å². The third-order valence-corrected chi connectivity index (χ3v) is 8.05. The van der Waals surface area contributed by atoms with E-state index in [-0.39, 0.29) is 5.48 Å². The molecule has 2 heteroatoms. The molecule has 0 aromatic heterocycles. The third kappa shape index (κ3) is 2.98. The molecule has 0 fully saturated rings. The molecule has 0 unspecified atom stereocenters. The van der Waals surface area contributed by atoms with E-state index in [1.165, 1.54) is 24.6 Å². The van der Waals surface area contributed by atoms with Crippen LogP contribution < -0.4 is 0 Å². The second-order valence-corrected chi connectivity index (χ2v) is 7.82. The van der Waals surface area contributed by atoms with Gasteiger partial charge in [-0.05, 0) is 27.7 Å². The monoisotopic (exact) mass is 165 g/mol. The predicted octanol–water partition coefficient (Wildman–Crippen LogP) is 2.26. The molecule has 0 saturated heterocycles. The molecule has 0 radical (unpaired) electrons. The maximum Gasteiger partial charge on any atom is 0.0565 e. The summed E-state index contributed by atoms with van der Waals surface area (Å²) in [5.41, 5.74) is 0. The van der Waals surface area contributed by atoms with Crippen LogP contribution in [0.4, 0.5) is 0 Å². The van der Waals surface area contributed by atoms with Crippen molar-refractivity contribution in [1.29, 1.82) is 0 Å². The van der Waals surface area contributed by atoms with Crippen molar-refractivity contribution in [2.24, 2.45) is 0 Å². The molecule has 0 aliphatic rings. The van der Waals surface area contributed by atoms with Gasteiger partial charge in [-0.15, -0.1) is 0 Å². The van der Waals surface area contributed by atoms with Crippen LogP contribution >= 0.6 is 7.26 Å². The van der Waals surface area contributed by atoms with Crippen molar-refractivity contribution in [2.45, 2.75) is 27.7 Å². The first kappa shape index (κ1) is 13.0. The zero-order valence-electron chi connectivity index (χ0n) is 7.78. The number of hydrogen-bond donors (Lipinski definition) is 0. The van der Waals surface area contributed by atoms with Gasteiger partial charge in [0.15, 0.2) is 0 Å². The quantitative estimate of drug-likeness (QED) is 0.572. The smallest absolute Gasteiger partial charge is 0.0565 e. The van der Waals surface area contributed by atoms with Gasteiger partial charge in [0.25, 0.3) is 0 Å². The van der Waals surface area contributed by atoms with E-state index in [1.54, 1.807) is 0 Å². The summed E-state index contributed by atoms with van der Waals surface area (Å²) in [5, 5.41) is 0. The first-order valence-corrected chi connectivity index (χ1v) is 6.62. The Hall–Kier alpha value is 0.390. The normalized spacial score (nSPS) is 10.8. The van der Waals surface area contributed by atoms with E-state index in [9.17, 15) is 0 Å². The van der Waals surface area contributed by atoms with Crippen molar-refractivity contribution in [1.82, 2.24) is 0 Å². The van der Waals surface area contributed by atoms with E-state index >= 15 is 0 Å². The van der Waals surface area contributed by atoms with Crippen LogP contribution in [0, 0.1) is 0 Å². The molecule has 1 nitrogen and oxygen atoms in total. The van der Waals surface area contributed by atoms with Gasteiger partial charge in [0.05, 0.1) is 24.6 Å². The van der Waals surface area contributed by atoms with Crippen molar-refractivity contribution >= 4 is 7.26 Å². The largest absolute Gasteiger partial charge is 0.412 e. The Labute approximate surface area is 65.9 Å². The van der Waals surface area contributed by atoms with E-state index < -0.39 is 7.26 Å². The SMILES string of the molecule is CC[P+](CC)(CC)CC.O. The lowest BCUT2D eigenvalue weighted by molar-refractivity contribution is 0.824. The highest BCUT2D eigenvalue weighted by atomic mass is 31.2. The molecule has 0 aliphatic carbocycles. The molecule has 0 aromatic carbocycles. The van der Waals surface area contributed by atoms with Crippen LogP contribution in [0.15, 0.2) is 0 Å². The molecule has 10 heavy (non-hydrogen) atoms. The van der Waals surface area contributed by atoms with Crippen molar-refractivity contribution in [3.05, 3.63) is 0 Å². The number of rotatable bonds is 4. The summed E-state index contributed by atoms with van der Waals surface area (Å²) < 4.78 is 0. The Morgan fingerprint density at radius 2 is 0.900 bits per heavy atom. The molecule has 0 saturated carbocycles. The Balaban J connectivity index is 0. The lowest BCUT2D eigenvalue weighted by Gasteiger charge is -2.20. The van der Waals surface area contributed by atoms with Crippen molar-refractivity contribution in [3.63, 3.8) is 0 Å². The van der Waals surface area contributed by atoms with E-state index in [0.717, 1.165) is 0 Å². The minimum Gasteiger partial charge on any atom is -0.412 e. The summed E-state index contributed by atoms with van der Waals surface area (Å²) in [6.45, 7) is 9.41. The molecule has 0 heterocycles. The van der Waals surface area contributed by atoms with Crippen LogP contribution in [0.25, 0.3) is 0 Å². The van der Waals surface area contributed by atoms with Crippen LogP contribution in [0.5, 0.6) is 0 Å². The lowest BCUT2D eigenvalue weighted by atomic mass is 10.9. The van der Waals surface area contributed by atoms with Gasteiger partial charge in [0.2, 0.25) is 0 Å². The summed E-state index contributed by atoms with van der Waals surface area (Å²) in [4.78, 5) is 0. The fourth-order valence-electron chi connectivity index (χ4n) is 1.34. The molecule has 0 amide bonds. The van der Waals surface area contributed by atoms with Gasteiger partial charge >= 0.3 is 0 Å². The Bertz CT molecular complexity index is 52.1. The Kier molecular flexibility index (Phi) is 7.97. The predicted molar refractivity (Wildman–Crippen MR) is 52.7 cm³/mol. The molecule has 0 aromatic rings. The standard InChI is InChI=1S/C8H20P.H2O/c1-5-9(6-2,7-3)8-4;/h5-8H2,1-4H3;1H2/q+1;. The summed E-state index contributed by atoms with van der Waals surface area (Å²) in [6.07, 6.45) is 5.82.